The molecule has 0 spiro atoms. The molecule has 0 amide bonds. The van der Waals surface area contributed by atoms with Gasteiger partial charge in [-0.25, -0.2) is 0 Å². The third-order valence-corrected chi connectivity index (χ3v) is 4.31. The molecule has 0 saturated carbocycles. The second-order valence-electron chi connectivity index (χ2n) is 8.02. The monoisotopic (exact) mass is 261 g/mol. The minimum atomic E-state index is 0.304. The minimum absolute atomic E-state index is 0.304. The van der Waals surface area contributed by atoms with Crippen molar-refractivity contribution in [1.29, 1.82) is 0 Å². The lowest BCUT2D eigenvalue weighted by Crippen LogP contribution is -2.33. The van der Waals surface area contributed by atoms with E-state index < -0.39 is 0 Å². The third-order valence-electron chi connectivity index (χ3n) is 4.31. The van der Waals surface area contributed by atoms with Gasteiger partial charge in [0.1, 0.15) is 0 Å². The van der Waals surface area contributed by atoms with Gasteiger partial charge in [0.2, 0.25) is 0 Å². The van der Waals surface area contributed by atoms with E-state index in [2.05, 4.69) is 65.6 Å². The van der Waals surface area contributed by atoms with Crippen molar-refractivity contribution in [1.82, 2.24) is 0 Å². The molecule has 0 fully saturated rings. The Hall–Kier alpha value is -0.850. The average Bonchev–Trinajstić information content (AvgIpc) is 2.56. The van der Waals surface area contributed by atoms with Gasteiger partial charge in [-0.05, 0) is 47.7 Å². The van der Waals surface area contributed by atoms with Gasteiger partial charge in [0, 0.05) is 13.3 Å². The zero-order chi connectivity index (χ0) is 14.8. The summed E-state index contributed by atoms with van der Waals surface area (Å²) in [6.45, 7) is 16.6. The van der Waals surface area contributed by atoms with Crippen LogP contribution in [0.25, 0.3) is 0 Å². The highest BCUT2D eigenvalue weighted by Gasteiger charge is 2.44. The highest BCUT2D eigenvalue weighted by molar-refractivity contribution is 5.72. The standard InChI is InChI=1S/C18H31N/c1-13-12-15(17(2,3)4)16(18(5,6)7)14(13)10-9-11-19-8/h9-11,15-16H,12H2,1-8H3/b10-9-,19-11-. The quantitative estimate of drug-likeness (QED) is 0.599. The molecule has 0 saturated heterocycles. The van der Waals surface area contributed by atoms with Gasteiger partial charge in [-0.1, -0.05) is 53.2 Å². The van der Waals surface area contributed by atoms with Gasteiger partial charge in [-0.3, -0.25) is 4.99 Å². The molecule has 2 atom stereocenters. The number of nitrogens with zero attached hydrogens (tertiary/aromatic N) is 1. The van der Waals surface area contributed by atoms with Crippen molar-refractivity contribution in [2.45, 2.75) is 54.9 Å². The Kier molecular flexibility index (Phi) is 4.81. The van der Waals surface area contributed by atoms with E-state index in [0.29, 0.717) is 16.7 Å². The maximum Gasteiger partial charge on any atom is 0.0277 e. The van der Waals surface area contributed by atoms with Crippen LogP contribution in [0.15, 0.2) is 28.3 Å². The zero-order valence-corrected chi connectivity index (χ0v) is 14.0. The summed E-state index contributed by atoms with van der Waals surface area (Å²) in [4.78, 5) is 4.04. The molecule has 1 nitrogen and oxygen atoms in total. The van der Waals surface area contributed by atoms with Gasteiger partial charge < -0.3 is 0 Å². The van der Waals surface area contributed by atoms with E-state index in [-0.39, 0.29) is 0 Å². The van der Waals surface area contributed by atoms with Crippen LogP contribution in [0.2, 0.25) is 0 Å². The molecule has 108 valence electrons. The number of rotatable bonds is 2. The molecule has 0 heterocycles. The van der Waals surface area contributed by atoms with Crippen LogP contribution in [0.1, 0.15) is 54.9 Å². The fourth-order valence-corrected chi connectivity index (χ4v) is 3.40. The molecular formula is C18H31N. The molecule has 1 aliphatic rings. The van der Waals surface area contributed by atoms with E-state index in [0.717, 1.165) is 5.92 Å². The Balaban J connectivity index is 3.17. The minimum Gasteiger partial charge on any atom is -0.297 e. The maximum absolute atomic E-state index is 4.04. The van der Waals surface area contributed by atoms with E-state index in [1.54, 1.807) is 5.57 Å². The molecule has 0 aliphatic heterocycles. The second kappa shape index (κ2) is 5.64. The SMILES string of the molecule is C/N=C\C=C/C1=C(C)CC(C(C)(C)C)C1C(C)(C)C. The largest absolute Gasteiger partial charge is 0.297 e. The van der Waals surface area contributed by atoms with E-state index in [1.807, 2.05) is 13.3 Å². The Morgan fingerprint density at radius 3 is 2.05 bits per heavy atom. The van der Waals surface area contributed by atoms with Crippen molar-refractivity contribution < 1.29 is 0 Å². The summed E-state index contributed by atoms with van der Waals surface area (Å²) in [6, 6.07) is 0. The molecule has 0 aromatic carbocycles. The Bertz CT molecular complexity index is 396. The van der Waals surface area contributed by atoms with Crippen LogP contribution in [-0.2, 0) is 0 Å². The van der Waals surface area contributed by atoms with Crippen LogP contribution in [0, 0.1) is 22.7 Å². The van der Waals surface area contributed by atoms with Crippen LogP contribution >= 0.6 is 0 Å². The first-order valence-electron chi connectivity index (χ1n) is 7.37. The Morgan fingerprint density at radius 1 is 1.05 bits per heavy atom. The molecule has 0 N–H and O–H groups in total. The predicted octanol–water partition coefficient (Wildman–Crippen LogP) is 5.29. The lowest BCUT2D eigenvalue weighted by molar-refractivity contribution is 0.114. The molecule has 1 aliphatic carbocycles. The molecule has 0 aromatic rings. The van der Waals surface area contributed by atoms with Gasteiger partial charge >= 0.3 is 0 Å². The van der Waals surface area contributed by atoms with Crippen molar-refractivity contribution in [3.8, 4) is 0 Å². The van der Waals surface area contributed by atoms with E-state index >= 15 is 0 Å². The molecule has 1 heteroatoms. The number of allylic oxidation sites excluding steroid dienone is 4. The van der Waals surface area contributed by atoms with Crippen molar-refractivity contribution in [2.75, 3.05) is 7.05 Å². The highest BCUT2D eigenvalue weighted by Crippen LogP contribution is 2.53. The smallest absolute Gasteiger partial charge is 0.0277 e. The van der Waals surface area contributed by atoms with Crippen LogP contribution in [0.4, 0.5) is 0 Å². The topological polar surface area (TPSA) is 12.4 Å². The number of hydrogen-bond acceptors (Lipinski definition) is 1. The summed E-state index contributed by atoms with van der Waals surface area (Å²) < 4.78 is 0. The Morgan fingerprint density at radius 2 is 1.63 bits per heavy atom. The second-order valence-corrected chi connectivity index (χ2v) is 8.02. The maximum atomic E-state index is 4.04. The first kappa shape index (κ1) is 16.2. The highest BCUT2D eigenvalue weighted by atomic mass is 14.6. The van der Waals surface area contributed by atoms with E-state index in [4.69, 9.17) is 0 Å². The summed E-state index contributed by atoms with van der Waals surface area (Å²) in [7, 11) is 1.82. The van der Waals surface area contributed by atoms with Crippen molar-refractivity contribution in [3.05, 3.63) is 23.3 Å². The first-order valence-corrected chi connectivity index (χ1v) is 7.37. The van der Waals surface area contributed by atoms with Crippen LogP contribution in [-0.4, -0.2) is 13.3 Å². The molecule has 0 radical (unpaired) electrons. The summed E-state index contributed by atoms with van der Waals surface area (Å²) in [5, 5.41) is 0. The van der Waals surface area contributed by atoms with Crippen molar-refractivity contribution >= 4 is 6.21 Å². The normalized spacial score (nSPS) is 26.1. The van der Waals surface area contributed by atoms with Crippen LogP contribution in [0.5, 0.6) is 0 Å². The molecule has 0 bridgehead atoms. The average molecular weight is 261 g/mol. The Labute approximate surface area is 119 Å². The third kappa shape index (κ3) is 3.81. The van der Waals surface area contributed by atoms with Gasteiger partial charge in [0.25, 0.3) is 0 Å². The summed E-state index contributed by atoms with van der Waals surface area (Å²) in [5.74, 6) is 1.36. The summed E-state index contributed by atoms with van der Waals surface area (Å²) in [6.07, 6.45) is 7.48. The molecule has 1 rings (SSSR count). The lowest BCUT2D eigenvalue weighted by atomic mass is 9.64. The number of hydrogen-bond donors (Lipinski definition) is 0. The summed E-state index contributed by atoms with van der Waals surface area (Å²) >= 11 is 0. The van der Waals surface area contributed by atoms with Gasteiger partial charge in [0.05, 0.1) is 0 Å². The van der Waals surface area contributed by atoms with Crippen LogP contribution < -0.4 is 0 Å². The molecule has 19 heavy (non-hydrogen) atoms. The molecule has 2 unspecified atom stereocenters. The van der Waals surface area contributed by atoms with Gasteiger partial charge in [-0.15, -0.1) is 0 Å². The lowest BCUT2D eigenvalue weighted by Gasteiger charge is -2.41. The van der Waals surface area contributed by atoms with Gasteiger partial charge in [-0.2, -0.15) is 0 Å². The summed E-state index contributed by atoms with van der Waals surface area (Å²) in [5.41, 5.74) is 3.75. The zero-order valence-electron chi connectivity index (χ0n) is 14.0. The molecule has 0 aromatic heterocycles. The molecular weight excluding hydrogens is 230 g/mol. The van der Waals surface area contributed by atoms with Crippen molar-refractivity contribution in [3.63, 3.8) is 0 Å². The van der Waals surface area contributed by atoms with Crippen molar-refractivity contribution in [2.24, 2.45) is 27.7 Å². The van der Waals surface area contributed by atoms with Crippen LogP contribution in [0.3, 0.4) is 0 Å². The fourth-order valence-electron chi connectivity index (χ4n) is 3.40. The number of aliphatic imine (C=N–C) groups is 1. The predicted molar refractivity (Wildman–Crippen MR) is 86.8 cm³/mol. The van der Waals surface area contributed by atoms with Gasteiger partial charge in [0.15, 0.2) is 0 Å². The van der Waals surface area contributed by atoms with E-state index in [1.165, 1.54) is 12.0 Å². The first-order chi connectivity index (χ1) is 8.59. The fraction of sp³-hybridized carbons (Fsp3) is 0.722. The van der Waals surface area contributed by atoms with E-state index in [9.17, 15) is 0 Å².